The molecule has 0 radical (unpaired) electrons. The summed E-state index contributed by atoms with van der Waals surface area (Å²) in [6.45, 7) is 0.964. The number of fused-ring (bicyclic) bond motifs is 2. The van der Waals surface area contributed by atoms with E-state index in [0.717, 1.165) is 25.7 Å². The number of nitrogens with one attached hydrogen (secondary N) is 3. The summed E-state index contributed by atoms with van der Waals surface area (Å²) >= 11 is 0. The number of piperidine rings is 2. The molecule has 3 fully saturated rings. The second kappa shape index (κ2) is 7.84. The number of hydrogen-bond acceptors (Lipinski definition) is 3. The number of carbonyl (C=O) groups is 2. The number of halogens is 1. The summed E-state index contributed by atoms with van der Waals surface area (Å²) in [6.07, 6.45) is 5.95. The molecule has 1 aromatic rings. The van der Waals surface area contributed by atoms with Crippen LogP contribution in [-0.4, -0.2) is 48.1 Å². The van der Waals surface area contributed by atoms with Crippen LogP contribution in [0.3, 0.4) is 0 Å². The first-order valence-corrected chi connectivity index (χ1v) is 9.95. The van der Waals surface area contributed by atoms with E-state index >= 15 is 0 Å². The smallest absolute Gasteiger partial charge is 0.321 e. The molecule has 0 saturated carbocycles. The van der Waals surface area contributed by atoms with Gasteiger partial charge >= 0.3 is 6.03 Å². The molecule has 7 heteroatoms. The number of likely N-dealkylation sites (tertiary alicyclic amines) is 1. The van der Waals surface area contributed by atoms with Crippen LogP contribution < -0.4 is 16.0 Å². The lowest BCUT2D eigenvalue weighted by Crippen LogP contribution is -2.52. The zero-order valence-electron chi connectivity index (χ0n) is 15.4. The third kappa shape index (κ3) is 4.24. The Labute approximate surface area is 158 Å². The Morgan fingerprint density at radius 3 is 2.59 bits per heavy atom. The highest BCUT2D eigenvalue weighted by molar-refractivity contribution is 5.90. The van der Waals surface area contributed by atoms with Gasteiger partial charge in [-0.3, -0.25) is 4.79 Å². The molecule has 3 aliphatic rings. The fraction of sp³-hybridized carbons (Fsp3) is 0.600. The Morgan fingerprint density at radius 1 is 1.11 bits per heavy atom. The summed E-state index contributed by atoms with van der Waals surface area (Å²) < 4.78 is 13.7. The Bertz CT molecular complexity index is 701. The molecule has 27 heavy (non-hydrogen) atoms. The summed E-state index contributed by atoms with van der Waals surface area (Å²) in [5, 5.41) is 9.40. The lowest BCUT2D eigenvalue weighted by Gasteiger charge is -2.34. The van der Waals surface area contributed by atoms with E-state index in [9.17, 15) is 14.0 Å². The minimum atomic E-state index is -0.460. The molecule has 2 bridgehead atoms. The van der Waals surface area contributed by atoms with E-state index in [1.807, 2.05) is 0 Å². The van der Waals surface area contributed by atoms with Gasteiger partial charge in [0, 0.05) is 31.2 Å². The van der Waals surface area contributed by atoms with E-state index in [0.29, 0.717) is 25.2 Å². The van der Waals surface area contributed by atoms with E-state index in [4.69, 9.17) is 0 Å². The maximum absolute atomic E-state index is 13.7. The number of para-hydroxylation sites is 1. The van der Waals surface area contributed by atoms with Gasteiger partial charge in [-0.2, -0.15) is 0 Å². The van der Waals surface area contributed by atoms with Crippen molar-refractivity contribution in [1.82, 2.24) is 15.5 Å². The van der Waals surface area contributed by atoms with Crippen molar-refractivity contribution in [3.63, 3.8) is 0 Å². The molecule has 1 aromatic carbocycles. The van der Waals surface area contributed by atoms with Crippen LogP contribution in [0.5, 0.6) is 0 Å². The summed E-state index contributed by atoms with van der Waals surface area (Å²) in [6, 6.07) is 7.06. The van der Waals surface area contributed by atoms with Gasteiger partial charge in [0.1, 0.15) is 5.82 Å². The van der Waals surface area contributed by atoms with Crippen LogP contribution in [0.2, 0.25) is 0 Å². The van der Waals surface area contributed by atoms with Crippen molar-refractivity contribution in [2.45, 2.75) is 56.7 Å². The van der Waals surface area contributed by atoms with Crippen molar-refractivity contribution in [3.05, 3.63) is 30.1 Å². The van der Waals surface area contributed by atoms with Crippen LogP contribution in [0.4, 0.5) is 14.9 Å². The molecule has 146 valence electrons. The Balaban J connectivity index is 1.31. The van der Waals surface area contributed by atoms with E-state index < -0.39 is 5.82 Å². The van der Waals surface area contributed by atoms with Crippen LogP contribution in [0.25, 0.3) is 0 Å². The molecule has 3 atom stereocenters. The highest BCUT2D eigenvalue weighted by atomic mass is 19.1. The highest BCUT2D eigenvalue weighted by Crippen LogP contribution is 2.27. The molecule has 3 amide bonds. The first-order chi connectivity index (χ1) is 13.1. The monoisotopic (exact) mass is 374 g/mol. The van der Waals surface area contributed by atoms with Gasteiger partial charge < -0.3 is 20.9 Å². The number of amides is 3. The van der Waals surface area contributed by atoms with E-state index in [2.05, 4.69) is 16.0 Å². The molecule has 0 aromatic heterocycles. The van der Waals surface area contributed by atoms with Crippen molar-refractivity contribution < 1.29 is 14.0 Å². The molecule has 3 N–H and O–H groups in total. The predicted octanol–water partition coefficient (Wildman–Crippen LogP) is 2.47. The number of nitrogens with zero attached hydrogens (tertiary/aromatic N) is 1. The van der Waals surface area contributed by atoms with Gasteiger partial charge in [-0.05, 0) is 50.7 Å². The number of hydrogen-bond donors (Lipinski definition) is 3. The van der Waals surface area contributed by atoms with Crippen molar-refractivity contribution >= 4 is 17.6 Å². The second-order valence-corrected chi connectivity index (χ2v) is 8.01. The molecule has 0 aliphatic carbocycles. The molecule has 3 heterocycles. The summed E-state index contributed by atoms with van der Waals surface area (Å²) in [5.74, 6) is -0.611. The molecule has 6 nitrogen and oxygen atoms in total. The summed E-state index contributed by atoms with van der Waals surface area (Å²) in [4.78, 5) is 26.8. The maximum Gasteiger partial charge on any atom is 0.321 e. The zero-order chi connectivity index (χ0) is 18.8. The third-order valence-corrected chi connectivity index (χ3v) is 6.01. The van der Waals surface area contributed by atoms with E-state index in [-0.39, 0.29) is 29.6 Å². The average molecular weight is 374 g/mol. The SMILES string of the molecule is O=C(NC1CC2CCC(C1)N2)C1CCCN(C(=O)Nc2ccccc2F)C1. The van der Waals surface area contributed by atoms with Crippen molar-refractivity contribution in [2.75, 3.05) is 18.4 Å². The van der Waals surface area contributed by atoms with Gasteiger partial charge in [-0.25, -0.2) is 9.18 Å². The van der Waals surface area contributed by atoms with Crippen LogP contribution in [0.1, 0.15) is 38.5 Å². The maximum atomic E-state index is 13.7. The van der Waals surface area contributed by atoms with Crippen molar-refractivity contribution in [2.24, 2.45) is 5.92 Å². The molecule has 0 spiro atoms. The fourth-order valence-electron chi connectivity index (χ4n) is 4.63. The first-order valence-electron chi connectivity index (χ1n) is 9.95. The average Bonchev–Trinajstić information content (AvgIpc) is 3.02. The zero-order valence-corrected chi connectivity index (χ0v) is 15.4. The lowest BCUT2D eigenvalue weighted by molar-refractivity contribution is -0.127. The van der Waals surface area contributed by atoms with Crippen molar-refractivity contribution in [3.8, 4) is 0 Å². The molecule has 3 saturated heterocycles. The van der Waals surface area contributed by atoms with Crippen molar-refractivity contribution in [1.29, 1.82) is 0 Å². The number of urea groups is 1. The normalized spacial score (nSPS) is 30.0. The van der Waals surface area contributed by atoms with Gasteiger partial charge in [-0.15, -0.1) is 0 Å². The van der Waals surface area contributed by atoms with Crippen LogP contribution >= 0.6 is 0 Å². The minimum Gasteiger partial charge on any atom is -0.353 e. The first kappa shape index (κ1) is 18.2. The van der Waals surface area contributed by atoms with Crippen LogP contribution in [0, 0.1) is 11.7 Å². The standard InChI is InChI=1S/C20H27FN4O2/c21-17-5-1-2-6-18(17)24-20(27)25-9-3-4-13(12-25)19(26)23-16-10-14-7-8-15(11-16)22-14/h1-2,5-6,13-16,22H,3-4,7-12H2,(H,23,26)(H,24,27). The second-order valence-electron chi connectivity index (χ2n) is 8.01. The molecule has 4 rings (SSSR count). The lowest BCUT2D eigenvalue weighted by atomic mass is 9.95. The fourth-order valence-corrected chi connectivity index (χ4v) is 4.63. The molecule has 3 aliphatic heterocycles. The number of rotatable bonds is 3. The van der Waals surface area contributed by atoms with Crippen LogP contribution in [-0.2, 0) is 4.79 Å². The molecular weight excluding hydrogens is 347 g/mol. The van der Waals surface area contributed by atoms with Gasteiger partial charge in [0.05, 0.1) is 11.6 Å². The number of anilines is 1. The summed E-state index contributed by atoms with van der Waals surface area (Å²) in [5.41, 5.74) is 0.166. The Hall–Kier alpha value is -2.15. The van der Waals surface area contributed by atoms with E-state index in [1.54, 1.807) is 17.0 Å². The molecular formula is C20H27FN4O2. The minimum absolute atomic E-state index is 0.0460. The van der Waals surface area contributed by atoms with E-state index in [1.165, 1.54) is 25.0 Å². The van der Waals surface area contributed by atoms with Gasteiger partial charge in [0.2, 0.25) is 5.91 Å². The highest BCUT2D eigenvalue weighted by Gasteiger charge is 2.36. The number of benzene rings is 1. The van der Waals surface area contributed by atoms with Gasteiger partial charge in [0.25, 0.3) is 0 Å². The van der Waals surface area contributed by atoms with Gasteiger partial charge in [-0.1, -0.05) is 12.1 Å². The topological polar surface area (TPSA) is 73.5 Å². The largest absolute Gasteiger partial charge is 0.353 e. The predicted molar refractivity (Wildman–Crippen MR) is 101 cm³/mol. The Kier molecular flexibility index (Phi) is 5.29. The van der Waals surface area contributed by atoms with Crippen LogP contribution in [0.15, 0.2) is 24.3 Å². The Morgan fingerprint density at radius 2 is 1.85 bits per heavy atom. The number of carbonyl (C=O) groups excluding carboxylic acids is 2. The third-order valence-electron chi connectivity index (χ3n) is 6.01. The summed E-state index contributed by atoms with van der Waals surface area (Å²) in [7, 11) is 0. The quantitative estimate of drug-likeness (QED) is 0.761. The van der Waals surface area contributed by atoms with Gasteiger partial charge in [0.15, 0.2) is 0 Å². The molecule has 3 unspecified atom stereocenters.